The Kier molecular flexibility index (Phi) is 6.55. The number of nitrogens with one attached hydrogen (secondary N) is 1. The maximum Gasteiger partial charge on any atom is 0.420 e. The number of likely N-dealkylation sites (tertiary alicyclic amines) is 1. The van der Waals surface area contributed by atoms with Crippen molar-refractivity contribution in [2.45, 2.75) is 51.7 Å². The van der Waals surface area contributed by atoms with Gasteiger partial charge in [-0.05, 0) is 75.0 Å². The quantitative estimate of drug-likeness (QED) is 0.635. The Morgan fingerprint density at radius 2 is 1.74 bits per heavy atom. The first kappa shape index (κ1) is 23.5. The molecule has 34 heavy (non-hydrogen) atoms. The lowest BCUT2D eigenvalue weighted by molar-refractivity contribution is -0.137. The van der Waals surface area contributed by atoms with E-state index < -0.39 is 11.7 Å². The van der Waals surface area contributed by atoms with Crippen LogP contribution in [0.4, 0.5) is 19.0 Å². The largest absolute Gasteiger partial charge is 0.420 e. The molecule has 3 heterocycles. The number of hydrogen-bond acceptors (Lipinski definition) is 5. The number of hydrogen-bond donors (Lipinski definition) is 1. The van der Waals surface area contributed by atoms with Crippen LogP contribution in [-0.4, -0.2) is 54.0 Å². The SMILES string of the molecule is Cc1ccc(C)c(-c2cc(C(F)(F)F)c(N[C@H]3C[C@@H]4CN(CC5CCOCC5)C[C@@H]4C3)nn2)c1. The zero-order valence-electron chi connectivity index (χ0n) is 19.9. The highest BCUT2D eigenvalue weighted by molar-refractivity contribution is 5.66. The summed E-state index contributed by atoms with van der Waals surface area (Å²) in [6, 6.07) is 6.84. The van der Waals surface area contributed by atoms with E-state index in [9.17, 15) is 13.2 Å². The van der Waals surface area contributed by atoms with Crippen molar-refractivity contribution in [3.8, 4) is 11.3 Å². The fourth-order valence-electron chi connectivity index (χ4n) is 6.01. The van der Waals surface area contributed by atoms with Gasteiger partial charge in [0.05, 0.1) is 5.69 Å². The van der Waals surface area contributed by atoms with Gasteiger partial charge in [-0.2, -0.15) is 13.2 Å². The van der Waals surface area contributed by atoms with Crippen molar-refractivity contribution in [2.24, 2.45) is 17.8 Å². The van der Waals surface area contributed by atoms with Crippen LogP contribution in [0.15, 0.2) is 24.3 Å². The Bertz CT molecular complexity index is 1010. The molecule has 1 aromatic carbocycles. The lowest BCUT2D eigenvalue weighted by Gasteiger charge is -2.28. The van der Waals surface area contributed by atoms with Crippen LogP contribution in [0.25, 0.3) is 11.3 Å². The van der Waals surface area contributed by atoms with Crippen LogP contribution in [0.1, 0.15) is 42.4 Å². The molecule has 2 aromatic rings. The highest BCUT2D eigenvalue weighted by Gasteiger charge is 2.43. The van der Waals surface area contributed by atoms with Crippen molar-refractivity contribution in [3.63, 3.8) is 0 Å². The van der Waals surface area contributed by atoms with Crippen LogP contribution in [0, 0.1) is 31.6 Å². The molecule has 5 nitrogen and oxygen atoms in total. The first-order valence-electron chi connectivity index (χ1n) is 12.4. The molecule has 3 fully saturated rings. The van der Waals surface area contributed by atoms with Gasteiger partial charge in [0.2, 0.25) is 0 Å². The van der Waals surface area contributed by atoms with E-state index in [1.54, 1.807) is 0 Å². The van der Waals surface area contributed by atoms with E-state index in [1.807, 2.05) is 32.0 Å². The van der Waals surface area contributed by atoms with Gasteiger partial charge in [-0.1, -0.05) is 17.7 Å². The zero-order chi connectivity index (χ0) is 23.9. The zero-order valence-corrected chi connectivity index (χ0v) is 19.9. The van der Waals surface area contributed by atoms with Crippen LogP contribution in [0.5, 0.6) is 0 Å². The number of rotatable bonds is 5. The summed E-state index contributed by atoms with van der Waals surface area (Å²) in [7, 11) is 0. The third-order valence-electron chi connectivity index (χ3n) is 7.79. The minimum absolute atomic E-state index is 0.00202. The van der Waals surface area contributed by atoms with Crippen LogP contribution in [-0.2, 0) is 10.9 Å². The minimum Gasteiger partial charge on any atom is -0.381 e. The van der Waals surface area contributed by atoms with E-state index in [2.05, 4.69) is 20.4 Å². The van der Waals surface area contributed by atoms with Crippen LogP contribution >= 0.6 is 0 Å². The Hall–Kier alpha value is -2.19. The van der Waals surface area contributed by atoms with E-state index in [0.29, 0.717) is 23.3 Å². The van der Waals surface area contributed by atoms with Gasteiger partial charge in [0, 0.05) is 44.5 Å². The van der Waals surface area contributed by atoms with Gasteiger partial charge in [-0.15, -0.1) is 10.2 Å². The van der Waals surface area contributed by atoms with Gasteiger partial charge in [-0.3, -0.25) is 0 Å². The molecule has 0 amide bonds. The predicted octanol–water partition coefficient (Wildman–Crippen LogP) is 5.33. The molecule has 0 radical (unpaired) electrons. The second kappa shape index (κ2) is 9.46. The lowest BCUT2D eigenvalue weighted by atomic mass is 10.00. The maximum absolute atomic E-state index is 14.0. The van der Waals surface area contributed by atoms with Gasteiger partial charge >= 0.3 is 6.18 Å². The smallest absolute Gasteiger partial charge is 0.381 e. The summed E-state index contributed by atoms with van der Waals surface area (Å²) < 4.78 is 47.4. The number of nitrogens with zero attached hydrogens (tertiary/aromatic N) is 3. The molecule has 3 atom stereocenters. The molecule has 8 heteroatoms. The van der Waals surface area contributed by atoms with E-state index in [0.717, 1.165) is 75.7 Å². The molecule has 1 aliphatic carbocycles. The maximum atomic E-state index is 14.0. The number of ether oxygens (including phenoxy) is 1. The van der Waals surface area contributed by atoms with Crippen LogP contribution < -0.4 is 5.32 Å². The number of anilines is 1. The van der Waals surface area contributed by atoms with E-state index >= 15 is 0 Å². The fraction of sp³-hybridized carbons (Fsp3) is 0.615. The number of alkyl halides is 3. The summed E-state index contributed by atoms with van der Waals surface area (Å²) in [5.41, 5.74) is 2.05. The Balaban J connectivity index is 1.26. The molecule has 1 saturated carbocycles. The van der Waals surface area contributed by atoms with Crippen LogP contribution in [0.3, 0.4) is 0 Å². The lowest BCUT2D eigenvalue weighted by Crippen LogP contribution is -2.32. The molecule has 3 aliphatic rings. The van der Waals surface area contributed by atoms with Crippen LogP contribution in [0.2, 0.25) is 0 Å². The van der Waals surface area contributed by atoms with Crippen molar-refractivity contribution in [1.29, 1.82) is 0 Å². The first-order valence-corrected chi connectivity index (χ1v) is 12.4. The Morgan fingerprint density at radius 3 is 2.41 bits per heavy atom. The predicted molar refractivity (Wildman–Crippen MR) is 126 cm³/mol. The highest BCUT2D eigenvalue weighted by Crippen LogP contribution is 2.42. The molecule has 1 N–H and O–H groups in total. The summed E-state index contributed by atoms with van der Waals surface area (Å²) >= 11 is 0. The van der Waals surface area contributed by atoms with Gasteiger partial charge in [0.25, 0.3) is 0 Å². The molecule has 5 rings (SSSR count). The average Bonchev–Trinajstić information content (AvgIpc) is 3.33. The van der Waals surface area contributed by atoms with Gasteiger partial charge in [0.1, 0.15) is 5.56 Å². The molecule has 0 spiro atoms. The molecule has 2 aliphatic heterocycles. The summed E-state index contributed by atoms with van der Waals surface area (Å²) in [5, 5.41) is 11.3. The van der Waals surface area contributed by atoms with Crippen molar-refractivity contribution in [3.05, 3.63) is 41.0 Å². The summed E-state index contributed by atoms with van der Waals surface area (Å²) in [4.78, 5) is 2.56. The van der Waals surface area contributed by atoms with Crippen molar-refractivity contribution in [2.75, 3.05) is 38.2 Å². The Morgan fingerprint density at radius 1 is 1.03 bits per heavy atom. The normalized spacial score (nSPS) is 26.1. The van der Waals surface area contributed by atoms with E-state index in [4.69, 9.17) is 4.74 Å². The molecule has 1 aromatic heterocycles. The fourth-order valence-corrected chi connectivity index (χ4v) is 6.01. The number of aryl methyl sites for hydroxylation is 2. The minimum atomic E-state index is -4.50. The Labute approximate surface area is 199 Å². The third kappa shape index (κ3) is 5.08. The molecular formula is C26H33F3N4O. The van der Waals surface area contributed by atoms with Gasteiger partial charge < -0.3 is 15.0 Å². The third-order valence-corrected chi connectivity index (χ3v) is 7.79. The molecule has 0 bridgehead atoms. The summed E-state index contributed by atoms with van der Waals surface area (Å²) in [6.45, 7) is 8.73. The topological polar surface area (TPSA) is 50.3 Å². The molecular weight excluding hydrogens is 441 g/mol. The second-order valence-corrected chi connectivity index (χ2v) is 10.4. The number of halogens is 3. The van der Waals surface area contributed by atoms with Crippen molar-refractivity contribution >= 4 is 5.82 Å². The monoisotopic (exact) mass is 474 g/mol. The van der Waals surface area contributed by atoms with Crippen molar-refractivity contribution < 1.29 is 17.9 Å². The van der Waals surface area contributed by atoms with Crippen molar-refractivity contribution in [1.82, 2.24) is 15.1 Å². The first-order chi connectivity index (χ1) is 16.3. The van der Waals surface area contributed by atoms with Gasteiger partial charge in [0.15, 0.2) is 5.82 Å². The van der Waals surface area contributed by atoms with Gasteiger partial charge in [-0.25, -0.2) is 0 Å². The standard InChI is InChI=1S/C26H33F3N4O/c1-16-3-4-17(2)22(9-16)24-12-23(26(27,28)29)25(32-31-24)30-21-10-19-14-33(15-20(19)11-21)13-18-5-7-34-8-6-18/h3-4,9,12,18-21H,5-8,10-11,13-15H2,1-2H3,(H,30,32)/t19-,20+,21+. The number of benzene rings is 1. The molecule has 0 unspecified atom stereocenters. The average molecular weight is 475 g/mol. The van der Waals surface area contributed by atoms with E-state index in [1.165, 1.54) is 0 Å². The number of aromatic nitrogens is 2. The summed E-state index contributed by atoms with van der Waals surface area (Å²) in [6.07, 6.45) is -0.473. The highest BCUT2D eigenvalue weighted by atomic mass is 19.4. The second-order valence-electron chi connectivity index (χ2n) is 10.4. The van der Waals surface area contributed by atoms with E-state index in [-0.39, 0.29) is 17.6 Å². The molecule has 184 valence electrons. The molecule has 2 saturated heterocycles. The summed E-state index contributed by atoms with van der Waals surface area (Å²) in [5.74, 6) is 1.63. The number of fused-ring (bicyclic) bond motifs is 1.